The highest BCUT2D eigenvalue weighted by molar-refractivity contribution is 6.30. The summed E-state index contributed by atoms with van der Waals surface area (Å²) >= 11 is 11.7. The molecule has 2 aliphatic heterocycles. The van der Waals surface area contributed by atoms with E-state index in [4.69, 9.17) is 37.4 Å². The van der Waals surface area contributed by atoms with Gasteiger partial charge in [-0.2, -0.15) is 0 Å². The first kappa shape index (κ1) is 41.8. The fourth-order valence-electron chi connectivity index (χ4n) is 4.93. The Labute approximate surface area is 301 Å². The first-order valence-corrected chi connectivity index (χ1v) is 17.4. The van der Waals surface area contributed by atoms with Crippen LogP contribution in [0.25, 0.3) is 0 Å². The standard InChI is InChI=1S/2C17H22ClNO3.C4H8O/c1-17(2,3)22-16(21)19-9-8-15(20)11-14(19)10-12-4-6-13(18)7-5-12;1-5-15(20)11-14(19-16(21)22-17(2,3)4)10-12-6-8-13(18)9-7-12;1-2-4-5-3-1/h4-7,14H,8-11H2,1-3H3;5-9,14H,1,10-11H2,2-4H3,(H,19,21);1-4H2/t;14-;/m.0./s1. The van der Waals surface area contributed by atoms with Crippen LogP contribution in [0.5, 0.6) is 0 Å². The molecule has 270 valence electrons. The van der Waals surface area contributed by atoms with E-state index in [0.717, 1.165) is 24.3 Å². The first-order valence-electron chi connectivity index (χ1n) is 16.7. The smallest absolute Gasteiger partial charge is 0.410 e. The molecular formula is C38H52Cl2N2O7. The van der Waals surface area contributed by atoms with Crippen molar-refractivity contribution in [1.82, 2.24) is 10.2 Å². The number of hydrogen-bond acceptors (Lipinski definition) is 7. The van der Waals surface area contributed by atoms with Crippen molar-refractivity contribution in [3.8, 4) is 0 Å². The lowest BCUT2D eigenvalue weighted by Crippen LogP contribution is -2.49. The molecule has 1 unspecified atom stereocenters. The number of Topliss-reactive ketones (excluding diaryl/α,β-unsaturated/α-hetero) is 1. The number of rotatable bonds is 8. The fourth-order valence-corrected chi connectivity index (χ4v) is 5.18. The zero-order chi connectivity index (χ0) is 36.6. The number of benzene rings is 2. The maximum absolute atomic E-state index is 12.3. The molecule has 0 spiro atoms. The molecule has 9 nitrogen and oxygen atoms in total. The average molecular weight is 720 g/mol. The minimum atomic E-state index is -0.586. The Hall–Kier alpha value is -3.40. The molecule has 0 radical (unpaired) electrons. The van der Waals surface area contributed by atoms with Crippen LogP contribution < -0.4 is 5.32 Å². The maximum atomic E-state index is 12.3. The zero-order valence-electron chi connectivity index (χ0n) is 29.7. The Bertz CT molecular complexity index is 1350. The van der Waals surface area contributed by atoms with E-state index < -0.39 is 17.3 Å². The number of nitrogens with one attached hydrogen (secondary N) is 1. The van der Waals surface area contributed by atoms with E-state index in [1.807, 2.05) is 57.2 Å². The van der Waals surface area contributed by atoms with Crippen molar-refractivity contribution >= 4 is 47.0 Å². The summed E-state index contributed by atoms with van der Waals surface area (Å²) in [5.41, 5.74) is 0.903. The molecule has 0 aliphatic carbocycles. The topological polar surface area (TPSA) is 111 Å². The van der Waals surface area contributed by atoms with Gasteiger partial charge < -0.3 is 24.4 Å². The van der Waals surface area contributed by atoms with Crippen LogP contribution in [0, 0.1) is 0 Å². The Morgan fingerprint density at radius 3 is 1.92 bits per heavy atom. The van der Waals surface area contributed by atoms with Crippen molar-refractivity contribution < 1.29 is 33.4 Å². The summed E-state index contributed by atoms with van der Waals surface area (Å²) in [6, 6.07) is 14.3. The summed E-state index contributed by atoms with van der Waals surface area (Å²) in [7, 11) is 0. The van der Waals surface area contributed by atoms with Crippen molar-refractivity contribution in [1.29, 1.82) is 0 Å². The summed E-state index contributed by atoms with van der Waals surface area (Å²) in [6.07, 6.45) is 5.01. The van der Waals surface area contributed by atoms with Crippen LogP contribution in [0.3, 0.4) is 0 Å². The number of nitrogens with zero attached hydrogens (tertiary/aromatic N) is 1. The second kappa shape index (κ2) is 20.3. The molecule has 2 aliphatic rings. The van der Waals surface area contributed by atoms with Gasteiger partial charge in [0.15, 0.2) is 5.78 Å². The van der Waals surface area contributed by atoms with Gasteiger partial charge >= 0.3 is 12.2 Å². The van der Waals surface area contributed by atoms with Crippen molar-refractivity contribution in [2.45, 2.75) is 110 Å². The summed E-state index contributed by atoms with van der Waals surface area (Å²) in [4.78, 5) is 49.3. The van der Waals surface area contributed by atoms with Gasteiger partial charge in [-0.3, -0.25) is 9.59 Å². The molecule has 2 amide bonds. The van der Waals surface area contributed by atoms with Gasteiger partial charge in [0.2, 0.25) is 0 Å². The van der Waals surface area contributed by atoms with E-state index in [1.165, 1.54) is 18.9 Å². The Morgan fingerprint density at radius 1 is 0.918 bits per heavy atom. The molecule has 1 N–H and O–H groups in total. The SMILES string of the molecule is C1CCOC1.C=CC(=O)C[C@H](Cc1ccc(Cl)cc1)NC(=O)OC(C)(C)C.CC(C)(C)OC(=O)N1CCC(=O)CC1Cc1ccc(Cl)cc1. The van der Waals surface area contributed by atoms with E-state index in [0.29, 0.717) is 42.3 Å². The van der Waals surface area contributed by atoms with Gasteiger partial charge in [0.05, 0.1) is 0 Å². The molecule has 11 heteroatoms. The number of piperidine rings is 1. The second-order valence-electron chi connectivity index (χ2n) is 14.0. The second-order valence-corrected chi connectivity index (χ2v) is 14.9. The monoisotopic (exact) mass is 718 g/mol. The Kier molecular flexibility index (Phi) is 17.3. The highest BCUT2D eigenvalue weighted by atomic mass is 35.5. The van der Waals surface area contributed by atoms with Gasteiger partial charge in [0.1, 0.15) is 17.0 Å². The van der Waals surface area contributed by atoms with Gasteiger partial charge in [-0.05, 0) is 109 Å². The molecule has 4 rings (SSSR count). The third-order valence-corrected chi connectivity index (χ3v) is 7.67. The van der Waals surface area contributed by atoms with Gasteiger partial charge in [0.25, 0.3) is 0 Å². The predicted octanol–water partition coefficient (Wildman–Crippen LogP) is 8.57. The van der Waals surface area contributed by atoms with Crippen molar-refractivity contribution in [3.63, 3.8) is 0 Å². The molecular weight excluding hydrogens is 667 g/mol. The molecule has 0 aromatic heterocycles. The summed E-state index contributed by atoms with van der Waals surface area (Å²) in [5, 5.41) is 4.05. The normalized spacial score (nSPS) is 16.6. The quantitative estimate of drug-likeness (QED) is 0.272. The molecule has 2 fully saturated rings. The van der Waals surface area contributed by atoms with Crippen LogP contribution in [0.2, 0.25) is 10.0 Å². The fraction of sp³-hybridized carbons (Fsp3) is 0.526. The summed E-state index contributed by atoms with van der Waals surface area (Å²) in [5.74, 6) is 0.0637. The predicted molar refractivity (Wildman–Crippen MR) is 194 cm³/mol. The van der Waals surface area contributed by atoms with Gasteiger partial charge in [-0.1, -0.05) is 54.0 Å². The van der Waals surface area contributed by atoms with Gasteiger partial charge in [0, 0.05) is 61.1 Å². The molecule has 0 bridgehead atoms. The van der Waals surface area contributed by atoms with Crippen molar-refractivity contribution in [2.24, 2.45) is 0 Å². The van der Waals surface area contributed by atoms with Crippen LogP contribution >= 0.6 is 23.2 Å². The molecule has 2 atom stereocenters. The molecule has 0 saturated carbocycles. The van der Waals surface area contributed by atoms with E-state index in [2.05, 4.69) is 11.9 Å². The number of carbonyl (C=O) groups excluding carboxylic acids is 4. The molecule has 2 aromatic carbocycles. The number of alkyl carbamates (subject to hydrolysis) is 1. The largest absolute Gasteiger partial charge is 0.444 e. The Balaban J connectivity index is 0.000000297. The number of carbonyl (C=O) groups is 4. The number of ketones is 2. The van der Waals surface area contributed by atoms with Crippen LogP contribution in [-0.4, -0.2) is 71.7 Å². The zero-order valence-corrected chi connectivity index (χ0v) is 31.2. The molecule has 2 heterocycles. The highest BCUT2D eigenvalue weighted by Gasteiger charge is 2.33. The minimum absolute atomic E-state index is 0.130. The van der Waals surface area contributed by atoms with Gasteiger partial charge in [-0.25, -0.2) is 9.59 Å². The van der Waals surface area contributed by atoms with Crippen molar-refractivity contribution in [2.75, 3.05) is 19.8 Å². The van der Waals surface area contributed by atoms with E-state index in [9.17, 15) is 19.2 Å². The van der Waals surface area contributed by atoms with E-state index in [1.54, 1.807) is 37.8 Å². The summed E-state index contributed by atoms with van der Waals surface area (Å²) in [6.45, 7) is 16.8. The van der Waals surface area contributed by atoms with Crippen LogP contribution in [0.4, 0.5) is 9.59 Å². The highest BCUT2D eigenvalue weighted by Crippen LogP contribution is 2.23. The summed E-state index contributed by atoms with van der Waals surface area (Å²) < 4.78 is 15.6. The third kappa shape index (κ3) is 18.2. The lowest BCUT2D eigenvalue weighted by atomic mass is 9.95. The van der Waals surface area contributed by atoms with E-state index >= 15 is 0 Å². The Morgan fingerprint density at radius 2 is 1.45 bits per heavy atom. The van der Waals surface area contributed by atoms with Crippen LogP contribution in [0.15, 0.2) is 61.2 Å². The van der Waals surface area contributed by atoms with E-state index in [-0.39, 0.29) is 36.2 Å². The van der Waals surface area contributed by atoms with Crippen LogP contribution in [-0.2, 0) is 36.6 Å². The number of ether oxygens (including phenoxy) is 3. The molecule has 2 aromatic rings. The van der Waals surface area contributed by atoms with Crippen LogP contribution in [0.1, 0.15) is 84.8 Å². The number of amides is 2. The molecule has 2 saturated heterocycles. The van der Waals surface area contributed by atoms with Crippen molar-refractivity contribution in [3.05, 3.63) is 82.4 Å². The first-order chi connectivity index (χ1) is 22.9. The number of allylic oxidation sites excluding steroid dienone is 1. The minimum Gasteiger partial charge on any atom is -0.444 e. The lowest BCUT2D eigenvalue weighted by molar-refractivity contribution is -0.123. The molecule has 49 heavy (non-hydrogen) atoms. The number of hydrogen-bond donors (Lipinski definition) is 1. The lowest BCUT2D eigenvalue weighted by Gasteiger charge is -2.36. The van der Waals surface area contributed by atoms with Gasteiger partial charge in [-0.15, -0.1) is 0 Å². The number of likely N-dealkylation sites (tertiary alicyclic amines) is 1. The number of halogens is 2. The third-order valence-electron chi connectivity index (χ3n) is 7.17. The average Bonchev–Trinajstić information content (AvgIpc) is 3.59. The maximum Gasteiger partial charge on any atom is 0.410 e.